The van der Waals surface area contributed by atoms with Crippen molar-refractivity contribution in [3.05, 3.63) is 54.0 Å². The minimum Gasteiger partial charge on any atom is -0.439 e. The zero-order chi connectivity index (χ0) is 17.1. The molecule has 0 N–H and O–H groups in total. The highest BCUT2D eigenvalue weighted by Gasteiger charge is 2.24. The van der Waals surface area contributed by atoms with Crippen molar-refractivity contribution in [3.8, 4) is 29.1 Å². The van der Waals surface area contributed by atoms with Crippen LogP contribution >= 0.6 is 0 Å². The predicted molar refractivity (Wildman–Crippen MR) is 86.7 cm³/mol. The Bertz CT molecular complexity index is 909. The number of nitrogens with zero attached hydrogens (tertiary/aromatic N) is 4. The Balaban J connectivity index is 1.49. The van der Waals surface area contributed by atoms with Gasteiger partial charge in [-0.15, -0.1) is 0 Å². The lowest BCUT2D eigenvalue weighted by atomic mass is 10.2. The van der Waals surface area contributed by atoms with E-state index in [9.17, 15) is 0 Å². The summed E-state index contributed by atoms with van der Waals surface area (Å²) in [6.07, 6.45) is 1.82. The van der Waals surface area contributed by atoms with Crippen LogP contribution in [0.15, 0.2) is 47.0 Å². The van der Waals surface area contributed by atoms with E-state index in [0.29, 0.717) is 29.0 Å². The molecule has 0 spiro atoms. The van der Waals surface area contributed by atoms with E-state index in [1.807, 2.05) is 18.2 Å². The monoisotopic (exact) mass is 334 g/mol. The standard InChI is InChI=1S/C18H14N4O3/c19-11-13-3-1-5-16(20-13)24-14-8-6-12(7-9-14)17-21-18(25-22-17)15-4-2-10-23-15/h1,3,5-9,15H,2,4,10H2. The molecule has 3 aromatic rings. The number of hydrogen-bond donors (Lipinski definition) is 0. The van der Waals surface area contributed by atoms with Gasteiger partial charge in [-0.3, -0.25) is 0 Å². The van der Waals surface area contributed by atoms with E-state index >= 15 is 0 Å². The van der Waals surface area contributed by atoms with Crippen LogP contribution in [-0.4, -0.2) is 21.7 Å². The number of hydrogen-bond acceptors (Lipinski definition) is 7. The Labute approximate surface area is 143 Å². The van der Waals surface area contributed by atoms with Crippen molar-refractivity contribution < 1.29 is 14.0 Å². The Hall–Kier alpha value is -3.24. The normalized spacial score (nSPS) is 16.5. The molecule has 0 saturated carbocycles. The molecular formula is C18H14N4O3. The number of nitriles is 1. The van der Waals surface area contributed by atoms with Crippen molar-refractivity contribution in [1.29, 1.82) is 5.26 Å². The molecule has 1 aromatic carbocycles. The average molecular weight is 334 g/mol. The van der Waals surface area contributed by atoms with Gasteiger partial charge >= 0.3 is 0 Å². The van der Waals surface area contributed by atoms with Crippen LogP contribution in [0.3, 0.4) is 0 Å². The van der Waals surface area contributed by atoms with Gasteiger partial charge in [0.1, 0.15) is 23.6 Å². The van der Waals surface area contributed by atoms with Crippen LogP contribution in [0, 0.1) is 11.3 Å². The lowest BCUT2D eigenvalue weighted by Gasteiger charge is -2.05. The third-order valence-electron chi connectivity index (χ3n) is 3.82. The van der Waals surface area contributed by atoms with Crippen LogP contribution < -0.4 is 4.74 Å². The minimum absolute atomic E-state index is 0.0951. The van der Waals surface area contributed by atoms with Gasteiger partial charge in [-0.25, -0.2) is 4.98 Å². The first-order valence-electron chi connectivity index (χ1n) is 7.92. The molecule has 1 aliphatic heterocycles. The molecule has 2 aromatic heterocycles. The van der Waals surface area contributed by atoms with Gasteiger partial charge in [-0.1, -0.05) is 11.2 Å². The van der Waals surface area contributed by atoms with Gasteiger partial charge in [0.25, 0.3) is 5.89 Å². The fourth-order valence-corrected chi connectivity index (χ4v) is 2.58. The second kappa shape index (κ2) is 6.71. The fourth-order valence-electron chi connectivity index (χ4n) is 2.58. The molecule has 1 unspecified atom stereocenters. The second-order valence-electron chi connectivity index (χ2n) is 5.56. The molecule has 4 rings (SSSR count). The number of ether oxygens (including phenoxy) is 2. The van der Waals surface area contributed by atoms with Gasteiger partial charge in [0.15, 0.2) is 0 Å². The summed E-state index contributed by atoms with van der Waals surface area (Å²) in [6.45, 7) is 0.732. The molecule has 25 heavy (non-hydrogen) atoms. The molecule has 1 aliphatic rings. The zero-order valence-electron chi connectivity index (χ0n) is 13.3. The smallest absolute Gasteiger partial charge is 0.256 e. The number of benzene rings is 1. The Morgan fingerprint density at radius 3 is 2.76 bits per heavy atom. The van der Waals surface area contributed by atoms with Crippen molar-refractivity contribution in [2.45, 2.75) is 18.9 Å². The third-order valence-corrected chi connectivity index (χ3v) is 3.82. The van der Waals surface area contributed by atoms with E-state index in [-0.39, 0.29) is 6.10 Å². The first-order chi connectivity index (χ1) is 12.3. The topological polar surface area (TPSA) is 94.1 Å². The summed E-state index contributed by atoms with van der Waals surface area (Å²) in [6, 6.07) is 14.3. The summed E-state index contributed by atoms with van der Waals surface area (Å²) >= 11 is 0. The molecule has 0 radical (unpaired) electrons. The maximum absolute atomic E-state index is 8.87. The largest absolute Gasteiger partial charge is 0.439 e. The Morgan fingerprint density at radius 1 is 1.12 bits per heavy atom. The van der Waals surface area contributed by atoms with Gasteiger partial charge in [0, 0.05) is 18.2 Å². The summed E-state index contributed by atoms with van der Waals surface area (Å²) in [4.78, 5) is 8.48. The molecule has 0 amide bonds. The summed E-state index contributed by atoms with van der Waals surface area (Å²) in [5.74, 6) is 2.01. The first kappa shape index (κ1) is 15.3. The summed E-state index contributed by atoms with van der Waals surface area (Å²) in [7, 11) is 0. The zero-order valence-corrected chi connectivity index (χ0v) is 13.3. The average Bonchev–Trinajstić information content (AvgIpc) is 3.34. The van der Waals surface area contributed by atoms with E-state index in [1.54, 1.807) is 30.3 Å². The van der Waals surface area contributed by atoms with E-state index < -0.39 is 0 Å². The fraction of sp³-hybridized carbons (Fsp3) is 0.222. The highest BCUT2D eigenvalue weighted by Crippen LogP contribution is 2.29. The highest BCUT2D eigenvalue weighted by atomic mass is 16.5. The molecule has 0 bridgehead atoms. The van der Waals surface area contributed by atoms with Crippen molar-refractivity contribution in [2.75, 3.05) is 6.61 Å². The Morgan fingerprint density at radius 2 is 2.00 bits per heavy atom. The SMILES string of the molecule is N#Cc1cccc(Oc2ccc(-c3noc(C4CCCO4)n3)cc2)n1. The molecule has 0 aliphatic carbocycles. The van der Waals surface area contributed by atoms with Crippen molar-refractivity contribution in [1.82, 2.24) is 15.1 Å². The maximum Gasteiger partial charge on any atom is 0.256 e. The van der Waals surface area contributed by atoms with Crippen LogP contribution in [0.4, 0.5) is 0 Å². The van der Waals surface area contributed by atoms with Crippen LogP contribution in [0.2, 0.25) is 0 Å². The van der Waals surface area contributed by atoms with Crippen LogP contribution in [0.25, 0.3) is 11.4 Å². The van der Waals surface area contributed by atoms with Gasteiger partial charge in [-0.05, 0) is 43.2 Å². The molecule has 3 heterocycles. The lowest BCUT2D eigenvalue weighted by Crippen LogP contribution is -1.95. The van der Waals surface area contributed by atoms with Gasteiger partial charge in [-0.2, -0.15) is 10.2 Å². The van der Waals surface area contributed by atoms with Gasteiger partial charge < -0.3 is 14.0 Å². The first-order valence-corrected chi connectivity index (χ1v) is 7.92. The Kier molecular flexibility index (Phi) is 4.11. The van der Waals surface area contributed by atoms with Crippen LogP contribution in [-0.2, 0) is 4.74 Å². The van der Waals surface area contributed by atoms with E-state index in [1.165, 1.54) is 0 Å². The summed E-state index contributed by atoms with van der Waals surface area (Å²) in [5.41, 5.74) is 1.13. The van der Waals surface area contributed by atoms with Crippen LogP contribution in [0.1, 0.15) is 30.5 Å². The maximum atomic E-state index is 8.87. The number of pyridine rings is 1. The van der Waals surface area contributed by atoms with Crippen LogP contribution in [0.5, 0.6) is 11.6 Å². The van der Waals surface area contributed by atoms with Crippen molar-refractivity contribution in [2.24, 2.45) is 0 Å². The van der Waals surface area contributed by atoms with E-state index in [4.69, 9.17) is 19.3 Å². The minimum atomic E-state index is -0.0951. The molecule has 7 nitrogen and oxygen atoms in total. The third kappa shape index (κ3) is 3.34. The molecule has 124 valence electrons. The molecule has 1 saturated heterocycles. The predicted octanol–water partition coefficient (Wildman–Crippen LogP) is 3.65. The van der Waals surface area contributed by atoms with Gasteiger partial charge in [0.2, 0.25) is 11.7 Å². The summed E-state index contributed by atoms with van der Waals surface area (Å²) in [5, 5.41) is 12.9. The van der Waals surface area contributed by atoms with Gasteiger partial charge in [0.05, 0.1) is 0 Å². The van der Waals surface area contributed by atoms with Crippen molar-refractivity contribution in [3.63, 3.8) is 0 Å². The quantitative estimate of drug-likeness (QED) is 0.718. The van der Waals surface area contributed by atoms with E-state index in [0.717, 1.165) is 25.0 Å². The second-order valence-corrected chi connectivity index (χ2v) is 5.56. The molecule has 7 heteroatoms. The van der Waals surface area contributed by atoms with E-state index in [2.05, 4.69) is 15.1 Å². The molecule has 1 fully saturated rings. The summed E-state index contributed by atoms with van der Waals surface area (Å²) < 4.78 is 16.5. The number of aromatic nitrogens is 3. The van der Waals surface area contributed by atoms with Crippen molar-refractivity contribution >= 4 is 0 Å². The highest BCUT2D eigenvalue weighted by molar-refractivity contribution is 5.55. The molecular weight excluding hydrogens is 320 g/mol. The lowest BCUT2D eigenvalue weighted by molar-refractivity contribution is 0.0835. The number of rotatable bonds is 4. The molecule has 1 atom stereocenters.